The van der Waals surface area contributed by atoms with Crippen LogP contribution in [0.3, 0.4) is 0 Å². The number of hydrogen-bond acceptors (Lipinski definition) is 3. The summed E-state index contributed by atoms with van der Waals surface area (Å²) in [6.07, 6.45) is 1.42. The molecule has 17 heavy (non-hydrogen) atoms. The average Bonchev–Trinajstić information content (AvgIpc) is 2.78. The van der Waals surface area contributed by atoms with Crippen LogP contribution in [0.1, 0.15) is 35.8 Å². The Morgan fingerprint density at radius 1 is 1.35 bits per heavy atom. The Balaban J connectivity index is 2.48. The quantitative estimate of drug-likeness (QED) is 0.878. The van der Waals surface area contributed by atoms with E-state index in [0.29, 0.717) is 5.92 Å². The van der Waals surface area contributed by atoms with Crippen LogP contribution in [-0.2, 0) is 0 Å². The van der Waals surface area contributed by atoms with E-state index in [1.165, 1.54) is 10.9 Å². The van der Waals surface area contributed by atoms with Crippen molar-refractivity contribution in [1.29, 1.82) is 0 Å². The molecule has 0 saturated carbocycles. The molecule has 5 heteroatoms. The van der Waals surface area contributed by atoms with Crippen molar-refractivity contribution in [1.82, 2.24) is 15.0 Å². The highest BCUT2D eigenvalue weighted by molar-refractivity contribution is 5.84. The molecule has 1 aromatic carbocycles. The fourth-order valence-corrected chi connectivity index (χ4v) is 1.66. The van der Waals surface area contributed by atoms with Crippen molar-refractivity contribution in [3.05, 3.63) is 41.7 Å². The van der Waals surface area contributed by atoms with Gasteiger partial charge >= 0.3 is 5.97 Å². The minimum Gasteiger partial charge on any atom is -0.476 e. The van der Waals surface area contributed by atoms with Gasteiger partial charge in [0.05, 0.1) is 11.9 Å². The molecular formula is C12H13N3O2. The van der Waals surface area contributed by atoms with Crippen molar-refractivity contribution in [3.63, 3.8) is 0 Å². The summed E-state index contributed by atoms with van der Waals surface area (Å²) in [5.74, 6) is -0.734. The number of para-hydroxylation sites is 1. The molecule has 0 amide bonds. The molecule has 0 saturated heterocycles. The number of benzene rings is 1. The van der Waals surface area contributed by atoms with E-state index in [4.69, 9.17) is 5.11 Å². The highest BCUT2D eigenvalue weighted by Crippen LogP contribution is 2.21. The fraction of sp³-hybridized carbons (Fsp3) is 0.250. The topological polar surface area (TPSA) is 68.0 Å². The predicted molar refractivity (Wildman–Crippen MR) is 62.4 cm³/mol. The van der Waals surface area contributed by atoms with Crippen molar-refractivity contribution in [2.75, 3.05) is 0 Å². The fourth-order valence-electron chi connectivity index (χ4n) is 1.66. The molecule has 0 unspecified atom stereocenters. The normalized spacial score (nSPS) is 10.8. The SMILES string of the molecule is CC(C)c1ccccc1-n1cc(C(=O)O)nn1. The van der Waals surface area contributed by atoms with Gasteiger partial charge in [0.25, 0.3) is 0 Å². The summed E-state index contributed by atoms with van der Waals surface area (Å²) in [7, 11) is 0. The first-order valence-electron chi connectivity index (χ1n) is 5.34. The maximum atomic E-state index is 10.7. The van der Waals surface area contributed by atoms with Crippen LogP contribution in [0, 0.1) is 0 Å². The van der Waals surface area contributed by atoms with E-state index >= 15 is 0 Å². The lowest BCUT2D eigenvalue weighted by atomic mass is 10.0. The third-order valence-electron chi connectivity index (χ3n) is 2.52. The molecule has 0 fully saturated rings. The second-order valence-corrected chi connectivity index (χ2v) is 4.07. The summed E-state index contributed by atoms with van der Waals surface area (Å²) in [5.41, 5.74) is 1.92. The number of aromatic carboxylic acids is 1. The van der Waals surface area contributed by atoms with E-state index in [0.717, 1.165) is 11.3 Å². The highest BCUT2D eigenvalue weighted by Gasteiger charge is 2.12. The van der Waals surface area contributed by atoms with Gasteiger partial charge in [0.2, 0.25) is 0 Å². The van der Waals surface area contributed by atoms with Crippen molar-refractivity contribution in [2.24, 2.45) is 0 Å². The van der Waals surface area contributed by atoms with Crippen molar-refractivity contribution < 1.29 is 9.90 Å². The summed E-state index contributed by atoms with van der Waals surface area (Å²) >= 11 is 0. The first-order valence-corrected chi connectivity index (χ1v) is 5.34. The van der Waals surface area contributed by atoms with E-state index < -0.39 is 5.97 Å². The molecule has 0 spiro atoms. The second kappa shape index (κ2) is 4.37. The molecule has 1 N–H and O–H groups in total. The van der Waals surface area contributed by atoms with Gasteiger partial charge in [-0.25, -0.2) is 9.48 Å². The van der Waals surface area contributed by atoms with Crippen molar-refractivity contribution >= 4 is 5.97 Å². The van der Waals surface area contributed by atoms with Crippen LogP contribution >= 0.6 is 0 Å². The van der Waals surface area contributed by atoms with Gasteiger partial charge in [0.15, 0.2) is 5.69 Å². The Kier molecular flexibility index (Phi) is 2.91. The number of nitrogens with zero attached hydrogens (tertiary/aromatic N) is 3. The van der Waals surface area contributed by atoms with Gasteiger partial charge < -0.3 is 5.11 Å². The first-order chi connectivity index (χ1) is 8.09. The molecule has 0 atom stereocenters. The Morgan fingerprint density at radius 2 is 2.06 bits per heavy atom. The molecule has 0 aliphatic rings. The van der Waals surface area contributed by atoms with Gasteiger partial charge in [-0.1, -0.05) is 37.3 Å². The molecule has 88 valence electrons. The number of carbonyl (C=O) groups is 1. The van der Waals surface area contributed by atoms with E-state index in [1.807, 2.05) is 24.3 Å². The highest BCUT2D eigenvalue weighted by atomic mass is 16.4. The molecule has 0 radical (unpaired) electrons. The number of carboxylic acids is 1. The molecule has 1 heterocycles. The maximum Gasteiger partial charge on any atom is 0.358 e. The second-order valence-electron chi connectivity index (χ2n) is 4.07. The Bertz CT molecular complexity index is 546. The van der Waals surface area contributed by atoms with Crippen LogP contribution in [-0.4, -0.2) is 26.1 Å². The van der Waals surface area contributed by atoms with Crippen LogP contribution in [0.4, 0.5) is 0 Å². The van der Waals surface area contributed by atoms with Crippen molar-refractivity contribution in [3.8, 4) is 5.69 Å². The largest absolute Gasteiger partial charge is 0.476 e. The zero-order valence-corrected chi connectivity index (χ0v) is 9.66. The van der Waals surface area contributed by atoms with Crippen LogP contribution in [0.2, 0.25) is 0 Å². The van der Waals surface area contributed by atoms with Gasteiger partial charge in [0.1, 0.15) is 0 Å². The molecule has 0 aliphatic carbocycles. The van der Waals surface area contributed by atoms with Gasteiger partial charge in [-0.05, 0) is 17.5 Å². The molecule has 2 aromatic rings. The third kappa shape index (κ3) is 2.18. The molecule has 2 rings (SSSR count). The average molecular weight is 231 g/mol. The monoisotopic (exact) mass is 231 g/mol. The standard InChI is InChI=1S/C12H13N3O2/c1-8(2)9-5-3-4-6-11(9)15-7-10(12(16)17)13-14-15/h3-8H,1-2H3,(H,16,17). The number of hydrogen-bond donors (Lipinski definition) is 1. The molecule has 5 nitrogen and oxygen atoms in total. The van der Waals surface area contributed by atoms with Gasteiger partial charge in [-0.15, -0.1) is 5.10 Å². The van der Waals surface area contributed by atoms with Crippen LogP contribution in [0.5, 0.6) is 0 Å². The lowest BCUT2D eigenvalue weighted by Crippen LogP contribution is -2.01. The smallest absolute Gasteiger partial charge is 0.358 e. The Labute approximate surface area is 98.7 Å². The Morgan fingerprint density at radius 3 is 2.65 bits per heavy atom. The zero-order valence-electron chi connectivity index (χ0n) is 9.66. The predicted octanol–water partition coefficient (Wildman–Crippen LogP) is 2.09. The molecule has 0 bridgehead atoms. The number of carboxylic acid groups (broad SMARTS) is 1. The van der Waals surface area contributed by atoms with E-state index in [1.54, 1.807) is 0 Å². The summed E-state index contributed by atoms with van der Waals surface area (Å²) in [6.45, 7) is 4.15. The summed E-state index contributed by atoms with van der Waals surface area (Å²) < 4.78 is 1.50. The van der Waals surface area contributed by atoms with Crippen LogP contribution in [0.15, 0.2) is 30.5 Å². The number of aromatic nitrogens is 3. The summed E-state index contributed by atoms with van der Waals surface area (Å²) in [6, 6.07) is 7.75. The molecule has 1 aromatic heterocycles. The van der Waals surface area contributed by atoms with E-state index in [9.17, 15) is 4.79 Å². The third-order valence-corrected chi connectivity index (χ3v) is 2.52. The lowest BCUT2D eigenvalue weighted by Gasteiger charge is -2.11. The van der Waals surface area contributed by atoms with E-state index in [-0.39, 0.29) is 5.69 Å². The Hall–Kier alpha value is -2.17. The minimum atomic E-state index is -1.07. The van der Waals surface area contributed by atoms with Crippen molar-refractivity contribution in [2.45, 2.75) is 19.8 Å². The van der Waals surface area contributed by atoms with Gasteiger partial charge in [-0.2, -0.15) is 0 Å². The number of rotatable bonds is 3. The zero-order chi connectivity index (χ0) is 12.4. The van der Waals surface area contributed by atoms with Crippen LogP contribution < -0.4 is 0 Å². The maximum absolute atomic E-state index is 10.7. The summed E-state index contributed by atoms with van der Waals surface area (Å²) in [5, 5.41) is 16.3. The minimum absolute atomic E-state index is 0.0523. The van der Waals surface area contributed by atoms with Gasteiger partial charge in [0, 0.05) is 0 Å². The van der Waals surface area contributed by atoms with Gasteiger partial charge in [-0.3, -0.25) is 0 Å². The lowest BCUT2D eigenvalue weighted by molar-refractivity contribution is 0.0690. The molecule has 0 aliphatic heterocycles. The first kappa shape index (κ1) is 11.3. The van der Waals surface area contributed by atoms with E-state index in [2.05, 4.69) is 24.2 Å². The molecular weight excluding hydrogens is 218 g/mol. The summed E-state index contributed by atoms with van der Waals surface area (Å²) in [4.78, 5) is 10.7. The van der Waals surface area contributed by atoms with Crippen LogP contribution in [0.25, 0.3) is 5.69 Å².